The van der Waals surface area contributed by atoms with E-state index in [1.807, 2.05) is 12.1 Å². The Hall–Kier alpha value is -0.930. The number of rotatable bonds is 3. The standard InChI is InChI=1S/C14H12Cl3NO/c1-19-14-6-12(16)11(5-13(14)17)10-4-9(15)3-2-8(10)7-18/h2-6H,7,18H2,1H3. The van der Waals surface area contributed by atoms with E-state index in [1.165, 1.54) is 0 Å². The lowest BCUT2D eigenvalue weighted by Gasteiger charge is -2.13. The molecule has 0 amide bonds. The molecule has 0 unspecified atom stereocenters. The molecule has 0 spiro atoms. The van der Waals surface area contributed by atoms with Gasteiger partial charge in [0.25, 0.3) is 0 Å². The summed E-state index contributed by atoms with van der Waals surface area (Å²) in [6.07, 6.45) is 0. The summed E-state index contributed by atoms with van der Waals surface area (Å²) >= 11 is 18.4. The first-order valence-corrected chi connectivity index (χ1v) is 6.72. The Labute approximate surface area is 127 Å². The van der Waals surface area contributed by atoms with Crippen LogP contribution in [0.5, 0.6) is 5.75 Å². The van der Waals surface area contributed by atoms with Gasteiger partial charge in [0.1, 0.15) is 5.75 Å². The van der Waals surface area contributed by atoms with Crippen molar-refractivity contribution in [2.24, 2.45) is 5.73 Å². The first kappa shape index (κ1) is 14.5. The van der Waals surface area contributed by atoms with Gasteiger partial charge in [-0.3, -0.25) is 0 Å². The lowest BCUT2D eigenvalue weighted by molar-refractivity contribution is 0.415. The van der Waals surface area contributed by atoms with Gasteiger partial charge in [-0.2, -0.15) is 0 Å². The molecule has 0 aliphatic heterocycles. The Bertz CT molecular complexity index is 614. The van der Waals surface area contributed by atoms with Gasteiger partial charge in [0.15, 0.2) is 0 Å². The van der Waals surface area contributed by atoms with E-state index in [-0.39, 0.29) is 0 Å². The molecule has 2 aromatic carbocycles. The van der Waals surface area contributed by atoms with E-state index in [4.69, 9.17) is 45.3 Å². The van der Waals surface area contributed by atoms with Gasteiger partial charge in [-0.15, -0.1) is 0 Å². The highest BCUT2D eigenvalue weighted by Gasteiger charge is 2.12. The van der Waals surface area contributed by atoms with Crippen LogP contribution < -0.4 is 10.5 Å². The van der Waals surface area contributed by atoms with Crippen molar-refractivity contribution >= 4 is 34.8 Å². The van der Waals surface area contributed by atoms with Crippen LogP contribution in [0.2, 0.25) is 15.1 Å². The second kappa shape index (κ2) is 6.02. The average molecular weight is 317 g/mol. The minimum atomic E-state index is 0.395. The topological polar surface area (TPSA) is 35.2 Å². The highest BCUT2D eigenvalue weighted by Crippen LogP contribution is 2.38. The number of nitrogens with two attached hydrogens (primary N) is 1. The van der Waals surface area contributed by atoms with Crippen molar-refractivity contribution in [3.63, 3.8) is 0 Å². The maximum atomic E-state index is 6.27. The third-order valence-electron chi connectivity index (χ3n) is 2.82. The number of halogens is 3. The van der Waals surface area contributed by atoms with Crippen molar-refractivity contribution in [1.29, 1.82) is 0 Å². The van der Waals surface area contributed by atoms with E-state index in [2.05, 4.69) is 0 Å². The fourth-order valence-electron chi connectivity index (χ4n) is 1.87. The van der Waals surface area contributed by atoms with Gasteiger partial charge in [0.05, 0.1) is 17.2 Å². The first-order valence-electron chi connectivity index (χ1n) is 5.58. The predicted octanol–water partition coefficient (Wildman–Crippen LogP) is 4.78. The fourth-order valence-corrected chi connectivity index (χ4v) is 2.54. The van der Waals surface area contributed by atoms with Crippen LogP contribution in [-0.2, 0) is 6.54 Å². The highest BCUT2D eigenvalue weighted by molar-refractivity contribution is 6.36. The van der Waals surface area contributed by atoms with E-state index in [1.54, 1.807) is 25.3 Å². The molecule has 100 valence electrons. The molecule has 19 heavy (non-hydrogen) atoms. The van der Waals surface area contributed by atoms with Crippen LogP contribution in [0.15, 0.2) is 30.3 Å². The lowest BCUT2D eigenvalue weighted by Crippen LogP contribution is -1.99. The normalized spacial score (nSPS) is 10.6. The van der Waals surface area contributed by atoms with Crippen molar-refractivity contribution in [2.45, 2.75) is 6.54 Å². The molecule has 5 heteroatoms. The molecule has 0 radical (unpaired) electrons. The number of ether oxygens (including phenoxy) is 1. The van der Waals surface area contributed by atoms with Crippen LogP contribution in [0.25, 0.3) is 11.1 Å². The molecule has 0 atom stereocenters. The third-order valence-corrected chi connectivity index (χ3v) is 3.67. The van der Waals surface area contributed by atoms with Crippen LogP contribution in [0.3, 0.4) is 0 Å². The number of hydrogen-bond donors (Lipinski definition) is 1. The maximum absolute atomic E-state index is 6.27. The van der Waals surface area contributed by atoms with E-state index in [9.17, 15) is 0 Å². The molecule has 2 nitrogen and oxygen atoms in total. The van der Waals surface area contributed by atoms with Crippen LogP contribution in [0, 0.1) is 0 Å². The summed E-state index contributed by atoms with van der Waals surface area (Å²) in [6, 6.07) is 8.94. The van der Waals surface area contributed by atoms with Crippen molar-refractivity contribution < 1.29 is 4.74 Å². The van der Waals surface area contributed by atoms with Gasteiger partial charge in [0.2, 0.25) is 0 Å². The van der Waals surface area contributed by atoms with E-state index < -0.39 is 0 Å². The molecule has 2 N–H and O–H groups in total. The van der Waals surface area contributed by atoms with Crippen molar-refractivity contribution in [3.8, 4) is 16.9 Å². The summed E-state index contributed by atoms with van der Waals surface area (Å²) in [5.74, 6) is 0.534. The van der Waals surface area contributed by atoms with E-state index in [0.717, 1.165) is 16.7 Å². The second-order valence-corrected chi connectivity index (χ2v) is 5.22. The van der Waals surface area contributed by atoms with Gasteiger partial charge >= 0.3 is 0 Å². The number of methoxy groups -OCH3 is 1. The first-order chi connectivity index (χ1) is 9.06. The third kappa shape index (κ3) is 2.98. The Morgan fingerprint density at radius 1 is 1.00 bits per heavy atom. The molecular weight excluding hydrogens is 305 g/mol. The zero-order valence-electron chi connectivity index (χ0n) is 10.2. The predicted molar refractivity (Wildman–Crippen MR) is 81.4 cm³/mol. The molecule has 0 fully saturated rings. The summed E-state index contributed by atoms with van der Waals surface area (Å²) in [6.45, 7) is 0.395. The van der Waals surface area contributed by atoms with Gasteiger partial charge < -0.3 is 10.5 Å². The van der Waals surface area contributed by atoms with E-state index in [0.29, 0.717) is 27.4 Å². The summed E-state index contributed by atoms with van der Waals surface area (Å²) < 4.78 is 5.13. The monoisotopic (exact) mass is 315 g/mol. The molecule has 2 aromatic rings. The fraction of sp³-hybridized carbons (Fsp3) is 0.143. The Balaban J connectivity index is 2.65. The minimum absolute atomic E-state index is 0.395. The van der Waals surface area contributed by atoms with E-state index >= 15 is 0 Å². The second-order valence-electron chi connectivity index (χ2n) is 3.97. The molecule has 2 rings (SSSR count). The zero-order valence-corrected chi connectivity index (χ0v) is 12.5. The van der Waals surface area contributed by atoms with Gasteiger partial charge in [0, 0.05) is 23.2 Å². The maximum Gasteiger partial charge on any atom is 0.138 e. The Kier molecular flexibility index (Phi) is 4.58. The van der Waals surface area contributed by atoms with Crippen molar-refractivity contribution in [3.05, 3.63) is 51.0 Å². The Morgan fingerprint density at radius 2 is 1.74 bits per heavy atom. The quantitative estimate of drug-likeness (QED) is 0.884. The smallest absolute Gasteiger partial charge is 0.138 e. The molecule has 0 heterocycles. The van der Waals surface area contributed by atoms with Crippen molar-refractivity contribution in [1.82, 2.24) is 0 Å². The molecule has 0 bridgehead atoms. The van der Waals surface area contributed by atoms with Crippen LogP contribution in [0.1, 0.15) is 5.56 Å². The summed E-state index contributed by atoms with van der Waals surface area (Å²) in [7, 11) is 1.54. The van der Waals surface area contributed by atoms with Gasteiger partial charge in [-0.25, -0.2) is 0 Å². The summed E-state index contributed by atoms with van der Waals surface area (Å²) in [5, 5.41) is 1.65. The molecule has 0 saturated heterocycles. The molecular formula is C14H12Cl3NO. The van der Waals surface area contributed by atoms with Gasteiger partial charge in [-0.05, 0) is 29.3 Å². The highest BCUT2D eigenvalue weighted by atomic mass is 35.5. The SMILES string of the molecule is COc1cc(Cl)c(-c2cc(Cl)ccc2CN)cc1Cl. The summed E-state index contributed by atoms with van der Waals surface area (Å²) in [5.41, 5.74) is 8.36. The average Bonchev–Trinajstić information content (AvgIpc) is 2.40. The van der Waals surface area contributed by atoms with Crippen LogP contribution >= 0.6 is 34.8 Å². The molecule has 0 aliphatic carbocycles. The molecule has 0 saturated carbocycles. The zero-order chi connectivity index (χ0) is 14.0. The number of hydrogen-bond acceptors (Lipinski definition) is 2. The van der Waals surface area contributed by atoms with Crippen LogP contribution in [0.4, 0.5) is 0 Å². The Morgan fingerprint density at radius 3 is 2.37 bits per heavy atom. The minimum Gasteiger partial charge on any atom is -0.495 e. The lowest BCUT2D eigenvalue weighted by atomic mass is 9.99. The van der Waals surface area contributed by atoms with Crippen molar-refractivity contribution in [2.75, 3.05) is 7.11 Å². The molecule has 0 aliphatic rings. The largest absolute Gasteiger partial charge is 0.495 e. The van der Waals surface area contributed by atoms with Crippen LogP contribution in [-0.4, -0.2) is 7.11 Å². The molecule has 0 aromatic heterocycles. The number of benzene rings is 2. The van der Waals surface area contributed by atoms with Gasteiger partial charge in [-0.1, -0.05) is 40.9 Å². The summed E-state index contributed by atoms with van der Waals surface area (Å²) in [4.78, 5) is 0.